The Morgan fingerprint density at radius 1 is 1.50 bits per heavy atom. The molecule has 0 bridgehead atoms. The van der Waals surface area contributed by atoms with E-state index in [1.165, 1.54) is 0 Å². The molecule has 2 atom stereocenters. The molecule has 14 heavy (non-hydrogen) atoms. The summed E-state index contributed by atoms with van der Waals surface area (Å²) in [5.74, 6) is 1.12. The molecule has 1 fully saturated rings. The van der Waals surface area contributed by atoms with E-state index < -0.39 is 0 Å². The summed E-state index contributed by atoms with van der Waals surface area (Å²) in [7, 11) is 0. The van der Waals surface area contributed by atoms with Crippen LogP contribution in [-0.2, 0) is 0 Å². The van der Waals surface area contributed by atoms with Gasteiger partial charge in [0.2, 0.25) is 0 Å². The van der Waals surface area contributed by atoms with E-state index in [-0.39, 0.29) is 18.0 Å². The van der Waals surface area contributed by atoms with Crippen molar-refractivity contribution in [3.8, 4) is 0 Å². The minimum absolute atomic E-state index is 0.0718. The third-order valence-corrected chi connectivity index (χ3v) is 2.70. The van der Waals surface area contributed by atoms with Crippen molar-refractivity contribution in [2.75, 3.05) is 6.54 Å². The zero-order valence-corrected chi connectivity index (χ0v) is 7.45. The Morgan fingerprint density at radius 3 is 3.36 bits per heavy atom. The molecule has 2 aliphatic rings. The number of aromatic nitrogens is 1. The molecule has 3 rings (SSSR count). The topological polar surface area (TPSA) is 69.3 Å². The summed E-state index contributed by atoms with van der Waals surface area (Å²) in [6, 6.07) is 1.94. The number of nitrogens with zero attached hydrogens (tertiary/aromatic N) is 1. The minimum atomic E-state index is -0.103. The quantitative estimate of drug-likeness (QED) is 0.553. The first-order valence-electron chi connectivity index (χ1n) is 4.60. The summed E-state index contributed by atoms with van der Waals surface area (Å²) < 4.78 is 0. The standard InChI is InChI=1S/C9H10N4O/c14-9-12-4-5-3-11-8-6(1-2-10-8)7(5)13-9/h1-3,5,7,10H,4H2,(H2,12,13,14). The van der Waals surface area contributed by atoms with Gasteiger partial charge in [-0.2, -0.15) is 0 Å². The number of H-pyrrole nitrogens is 1. The second kappa shape index (κ2) is 2.60. The second-order valence-electron chi connectivity index (χ2n) is 3.56. The third kappa shape index (κ3) is 0.951. The molecule has 0 spiro atoms. The molecule has 0 radical (unpaired) electrons. The average Bonchev–Trinajstić information content (AvgIpc) is 2.65. The molecule has 0 aromatic carbocycles. The lowest BCUT2D eigenvalue weighted by molar-refractivity contribution is 0.224. The van der Waals surface area contributed by atoms with E-state index in [9.17, 15) is 4.79 Å². The van der Waals surface area contributed by atoms with Crippen molar-refractivity contribution in [3.05, 3.63) is 17.8 Å². The monoisotopic (exact) mass is 190 g/mol. The number of fused-ring (bicyclic) bond motifs is 3. The molecule has 1 aromatic heterocycles. The van der Waals surface area contributed by atoms with Crippen LogP contribution in [0.15, 0.2) is 17.3 Å². The van der Waals surface area contributed by atoms with Gasteiger partial charge in [-0.1, -0.05) is 0 Å². The highest BCUT2D eigenvalue weighted by Gasteiger charge is 2.32. The molecule has 0 saturated carbocycles. The lowest BCUT2D eigenvalue weighted by atomic mass is 9.91. The van der Waals surface area contributed by atoms with Gasteiger partial charge in [0.05, 0.1) is 6.04 Å². The van der Waals surface area contributed by atoms with Crippen molar-refractivity contribution in [1.29, 1.82) is 0 Å². The van der Waals surface area contributed by atoms with Crippen molar-refractivity contribution in [3.63, 3.8) is 0 Å². The maximum atomic E-state index is 11.2. The number of rotatable bonds is 0. The van der Waals surface area contributed by atoms with Crippen LogP contribution in [0, 0.1) is 5.92 Å². The van der Waals surface area contributed by atoms with Gasteiger partial charge in [0.1, 0.15) is 5.82 Å². The van der Waals surface area contributed by atoms with Crippen LogP contribution in [0.25, 0.3) is 0 Å². The fourth-order valence-corrected chi connectivity index (χ4v) is 1.98. The zero-order valence-electron chi connectivity index (χ0n) is 7.45. The highest BCUT2D eigenvalue weighted by Crippen LogP contribution is 2.33. The number of amides is 2. The Bertz CT molecular complexity index is 409. The van der Waals surface area contributed by atoms with Crippen molar-refractivity contribution < 1.29 is 4.79 Å². The fraction of sp³-hybridized carbons (Fsp3) is 0.333. The average molecular weight is 190 g/mol. The number of carbonyl (C=O) groups excluding carboxylic acids is 1. The van der Waals surface area contributed by atoms with Crippen molar-refractivity contribution in [2.24, 2.45) is 10.9 Å². The molecule has 1 saturated heterocycles. The van der Waals surface area contributed by atoms with E-state index >= 15 is 0 Å². The van der Waals surface area contributed by atoms with E-state index in [1.54, 1.807) is 0 Å². The summed E-state index contributed by atoms with van der Waals surface area (Å²) in [6.45, 7) is 0.657. The molecule has 5 heteroatoms. The van der Waals surface area contributed by atoms with Gasteiger partial charge in [0, 0.05) is 30.4 Å². The Kier molecular flexibility index (Phi) is 1.41. The molecule has 2 aliphatic heterocycles. The minimum Gasteiger partial charge on any atom is -0.346 e. The number of carbonyl (C=O) groups is 1. The van der Waals surface area contributed by atoms with Crippen LogP contribution in [0.3, 0.4) is 0 Å². The van der Waals surface area contributed by atoms with E-state index in [2.05, 4.69) is 20.6 Å². The van der Waals surface area contributed by atoms with Gasteiger partial charge < -0.3 is 15.6 Å². The van der Waals surface area contributed by atoms with E-state index in [0.717, 1.165) is 11.4 Å². The number of aliphatic imine (C=N–C) groups is 1. The van der Waals surface area contributed by atoms with E-state index in [4.69, 9.17) is 0 Å². The van der Waals surface area contributed by atoms with Crippen LogP contribution in [-0.4, -0.2) is 23.8 Å². The largest absolute Gasteiger partial charge is 0.346 e. The predicted molar refractivity (Wildman–Crippen MR) is 51.7 cm³/mol. The highest BCUT2D eigenvalue weighted by atomic mass is 16.2. The molecule has 3 N–H and O–H groups in total. The van der Waals surface area contributed by atoms with Gasteiger partial charge in [-0.15, -0.1) is 0 Å². The molecule has 0 aliphatic carbocycles. The van der Waals surface area contributed by atoms with E-state index in [1.807, 2.05) is 18.5 Å². The van der Waals surface area contributed by atoms with Crippen LogP contribution in [0.1, 0.15) is 11.6 Å². The van der Waals surface area contributed by atoms with Gasteiger partial charge in [0.25, 0.3) is 0 Å². The summed E-state index contributed by atoms with van der Waals surface area (Å²) in [5, 5.41) is 5.65. The number of hydrogen-bond acceptors (Lipinski definition) is 2. The van der Waals surface area contributed by atoms with E-state index in [0.29, 0.717) is 6.54 Å². The molecular weight excluding hydrogens is 180 g/mol. The number of urea groups is 1. The van der Waals surface area contributed by atoms with Crippen LogP contribution in [0.2, 0.25) is 0 Å². The first kappa shape index (κ1) is 7.61. The maximum Gasteiger partial charge on any atom is 0.315 e. The Morgan fingerprint density at radius 2 is 2.43 bits per heavy atom. The molecule has 2 unspecified atom stereocenters. The molecule has 72 valence electrons. The predicted octanol–water partition coefficient (Wildman–Crippen LogP) is 0.701. The lowest BCUT2D eigenvalue weighted by Gasteiger charge is -2.32. The summed E-state index contributed by atoms with van der Waals surface area (Å²) in [5.41, 5.74) is 1.08. The first-order valence-corrected chi connectivity index (χ1v) is 4.60. The van der Waals surface area contributed by atoms with Gasteiger partial charge in [0.15, 0.2) is 0 Å². The third-order valence-electron chi connectivity index (χ3n) is 2.70. The SMILES string of the molecule is O=C1NCC2C=Nc3[nH]ccc3C2N1. The van der Waals surface area contributed by atoms with Crippen LogP contribution in [0.5, 0.6) is 0 Å². The van der Waals surface area contributed by atoms with Gasteiger partial charge in [-0.05, 0) is 6.07 Å². The Balaban J connectivity index is 2.02. The maximum absolute atomic E-state index is 11.2. The Labute approximate surface area is 80.6 Å². The van der Waals surface area contributed by atoms with Crippen molar-refractivity contribution in [2.45, 2.75) is 6.04 Å². The molecule has 3 heterocycles. The fourth-order valence-electron chi connectivity index (χ4n) is 1.98. The molecule has 2 amide bonds. The zero-order chi connectivity index (χ0) is 9.54. The van der Waals surface area contributed by atoms with Crippen LogP contribution >= 0.6 is 0 Å². The normalized spacial score (nSPS) is 28.7. The van der Waals surface area contributed by atoms with Gasteiger partial charge in [-0.3, -0.25) is 0 Å². The lowest BCUT2D eigenvalue weighted by Crippen LogP contribution is -2.51. The van der Waals surface area contributed by atoms with Crippen molar-refractivity contribution in [1.82, 2.24) is 15.6 Å². The van der Waals surface area contributed by atoms with Gasteiger partial charge >= 0.3 is 6.03 Å². The molecular formula is C9H10N4O. The summed E-state index contributed by atoms with van der Waals surface area (Å²) >= 11 is 0. The number of hydrogen-bond donors (Lipinski definition) is 3. The van der Waals surface area contributed by atoms with Crippen LogP contribution < -0.4 is 10.6 Å². The summed E-state index contributed by atoms with van der Waals surface area (Å²) in [4.78, 5) is 18.5. The smallest absolute Gasteiger partial charge is 0.315 e. The number of aromatic amines is 1. The van der Waals surface area contributed by atoms with Crippen molar-refractivity contribution >= 4 is 18.1 Å². The molecule has 5 nitrogen and oxygen atoms in total. The number of nitrogens with one attached hydrogen (secondary N) is 3. The first-order chi connectivity index (χ1) is 6.84. The summed E-state index contributed by atoms with van der Waals surface area (Å²) in [6.07, 6.45) is 3.73. The second-order valence-corrected chi connectivity index (χ2v) is 3.56. The molecule has 1 aromatic rings. The van der Waals surface area contributed by atoms with Crippen LogP contribution in [0.4, 0.5) is 10.6 Å². The highest BCUT2D eigenvalue weighted by molar-refractivity contribution is 5.81. The van der Waals surface area contributed by atoms with Gasteiger partial charge in [-0.25, -0.2) is 9.79 Å². The Hall–Kier alpha value is -1.78.